The first-order valence-electron chi connectivity index (χ1n) is 14.0. The number of rotatable bonds is 5. The second kappa shape index (κ2) is 11.1. The molecule has 10 heteroatoms. The predicted molar refractivity (Wildman–Crippen MR) is 164 cm³/mol. The van der Waals surface area contributed by atoms with Crippen LogP contribution in [-0.2, 0) is 10.8 Å². The summed E-state index contributed by atoms with van der Waals surface area (Å²) in [5.41, 5.74) is 3.87. The van der Waals surface area contributed by atoms with Gasteiger partial charge in [-0.15, -0.1) is 13.2 Å². The van der Waals surface area contributed by atoms with Gasteiger partial charge in [0.05, 0.1) is 17.1 Å². The van der Waals surface area contributed by atoms with Crippen LogP contribution in [-0.4, -0.2) is 24.0 Å². The zero-order valence-corrected chi connectivity index (χ0v) is 24.9. The van der Waals surface area contributed by atoms with E-state index in [0.717, 1.165) is 23.8 Å². The summed E-state index contributed by atoms with van der Waals surface area (Å²) in [5.74, 6) is -1.17. The molecule has 4 aromatic rings. The molecule has 0 aromatic heterocycles. The van der Waals surface area contributed by atoms with Crippen molar-refractivity contribution in [1.29, 1.82) is 0 Å². The van der Waals surface area contributed by atoms with Gasteiger partial charge in [0.15, 0.2) is 0 Å². The lowest BCUT2D eigenvalue weighted by molar-refractivity contribution is -0.274. The summed E-state index contributed by atoms with van der Waals surface area (Å²) in [4.78, 5) is 14.8. The highest BCUT2D eigenvalue weighted by Gasteiger charge is 2.42. The number of urea groups is 1. The van der Waals surface area contributed by atoms with Crippen molar-refractivity contribution < 1.29 is 32.2 Å². The SMILES string of the molecule is CC(C)(C)c1ccc(-c2c(F)cc(O)c3c2C(C)(C)CN3c2ccccc2NC(=O)Nc2ccc(OC(F)(F)F)cc2)cc1. The van der Waals surface area contributed by atoms with E-state index in [0.29, 0.717) is 40.3 Å². The van der Waals surface area contributed by atoms with Crippen LogP contribution in [0.4, 0.5) is 45.1 Å². The fourth-order valence-corrected chi connectivity index (χ4v) is 5.58. The summed E-state index contributed by atoms with van der Waals surface area (Å²) in [6, 6.07) is 20.0. The Hall–Kier alpha value is -4.73. The van der Waals surface area contributed by atoms with Gasteiger partial charge in [0.25, 0.3) is 0 Å². The summed E-state index contributed by atoms with van der Waals surface area (Å²) in [6.45, 7) is 10.7. The first kappa shape index (κ1) is 30.7. The van der Waals surface area contributed by atoms with Crippen LogP contribution in [0.25, 0.3) is 11.1 Å². The molecule has 6 nitrogen and oxygen atoms in total. The van der Waals surface area contributed by atoms with E-state index in [1.165, 1.54) is 12.1 Å². The average Bonchev–Trinajstić information content (AvgIpc) is 3.20. The zero-order chi connectivity index (χ0) is 32.0. The Morgan fingerprint density at radius 2 is 1.57 bits per heavy atom. The summed E-state index contributed by atoms with van der Waals surface area (Å²) < 4.78 is 56.9. The first-order chi connectivity index (χ1) is 20.5. The second-order valence-corrected chi connectivity index (χ2v) is 12.4. The molecule has 0 radical (unpaired) electrons. The number of fused-ring (bicyclic) bond motifs is 1. The molecule has 4 aromatic carbocycles. The molecule has 0 unspecified atom stereocenters. The van der Waals surface area contributed by atoms with Crippen molar-refractivity contribution in [2.24, 2.45) is 0 Å². The molecule has 0 fully saturated rings. The van der Waals surface area contributed by atoms with Gasteiger partial charge in [-0.3, -0.25) is 0 Å². The van der Waals surface area contributed by atoms with Gasteiger partial charge in [-0.2, -0.15) is 0 Å². The van der Waals surface area contributed by atoms with E-state index in [1.807, 2.05) is 43.0 Å². The predicted octanol–water partition coefficient (Wildman–Crippen LogP) is 9.47. The molecule has 230 valence electrons. The Morgan fingerprint density at radius 3 is 2.18 bits per heavy atom. The lowest BCUT2D eigenvalue weighted by atomic mass is 9.80. The third-order valence-electron chi connectivity index (χ3n) is 7.56. The number of hydrogen-bond acceptors (Lipinski definition) is 4. The van der Waals surface area contributed by atoms with E-state index in [9.17, 15) is 23.1 Å². The number of nitrogens with zero attached hydrogens (tertiary/aromatic N) is 1. The minimum absolute atomic E-state index is 0.0714. The Kier molecular flexibility index (Phi) is 7.73. The molecule has 1 aliphatic heterocycles. The third-order valence-corrected chi connectivity index (χ3v) is 7.56. The molecule has 2 amide bonds. The van der Waals surface area contributed by atoms with E-state index in [-0.39, 0.29) is 16.9 Å². The summed E-state index contributed by atoms with van der Waals surface area (Å²) >= 11 is 0. The second-order valence-electron chi connectivity index (χ2n) is 12.4. The monoisotopic (exact) mass is 607 g/mol. The molecule has 3 N–H and O–H groups in total. The molecule has 44 heavy (non-hydrogen) atoms. The number of carbonyl (C=O) groups excluding carboxylic acids is 1. The number of phenolic OH excluding ortho intramolecular Hbond substituents is 1. The van der Waals surface area contributed by atoms with Crippen molar-refractivity contribution in [1.82, 2.24) is 0 Å². The number of hydrogen-bond donors (Lipinski definition) is 3. The van der Waals surface area contributed by atoms with Gasteiger partial charge in [-0.1, -0.05) is 71.0 Å². The maximum absolute atomic E-state index is 15.7. The van der Waals surface area contributed by atoms with Crippen molar-refractivity contribution in [2.45, 2.75) is 51.8 Å². The average molecular weight is 608 g/mol. The number of alkyl halides is 3. The fourth-order valence-electron chi connectivity index (χ4n) is 5.58. The Morgan fingerprint density at radius 1 is 0.932 bits per heavy atom. The number of benzene rings is 4. The number of aromatic hydroxyl groups is 1. The van der Waals surface area contributed by atoms with Gasteiger partial charge in [0.2, 0.25) is 0 Å². The van der Waals surface area contributed by atoms with Crippen LogP contribution in [0.3, 0.4) is 0 Å². The van der Waals surface area contributed by atoms with Crippen molar-refractivity contribution in [3.63, 3.8) is 0 Å². The van der Waals surface area contributed by atoms with Crippen molar-refractivity contribution in [3.05, 3.63) is 95.8 Å². The zero-order valence-electron chi connectivity index (χ0n) is 24.9. The quantitative estimate of drug-likeness (QED) is 0.198. The van der Waals surface area contributed by atoms with E-state index in [2.05, 4.69) is 36.1 Å². The molecular weight excluding hydrogens is 574 g/mol. The standard InChI is InChI=1S/C34H33F4N3O3/c1-32(2,3)21-12-10-20(11-13-21)28-24(35)18-27(42)30-29(28)33(4,5)19-41(30)26-9-7-6-8-25(26)40-31(43)39-22-14-16-23(17-15-22)44-34(36,37)38/h6-18,42H,19H2,1-5H3,(H2,39,40,43). The highest BCUT2D eigenvalue weighted by atomic mass is 19.4. The smallest absolute Gasteiger partial charge is 0.506 e. The molecule has 0 atom stereocenters. The van der Waals surface area contributed by atoms with E-state index in [1.54, 1.807) is 24.3 Å². The summed E-state index contributed by atoms with van der Waals surface area (Å²) in [6.07, 6.45) is -4.82. The van der Waals surface area contributed by atoms with Crippen LogP contribution in [0.15, 0.2) is 78.9 Å². The normalized spacial score (nSPS) is 14.2. The summed E-state index contributed by atoms with van der Waals surface area (Å²) in [5, 5.41) is 16.5. The van der Waals surface area contributed by atoms with Crippen LogP contribution >= 0.6 is 0 Å². The van der Waals surface area contributed by atoms with Gasteiger partial charge in [-0.05, 0) is 58.5 Å². The topological polar surface area (TPSA) is 73.8 Å². The Labute approximate surface area is 253 Å². The third kappa shape index (κ3) is 6.29. The maximum atomic E-state index is 15.7. The van der Waals surface area contributed by atoms with Crippen LogP contribution in [0.1, 0.15) is 45.7 Å². The molecule has 0 saturated heterocycles. The Bertz CT molecular complexity index is 1690. The van der Waals surface area contributed by atoms with Crippen LogP contribution in [0, 0.1) is 5.82 Å². The number of anilines is 4. The van der Waals surface area contributed by atoms with Gasteiger partial charge in [-0.25, -0.2) is 9.18 Å². The number of para-hydroxylation sites is 2. The first-order valence-corrected chi connectivity index (χ1v) is 14.0. The molecule has 5 rings (SSSR count). The lowest BCUT2D eigenvalue weighted by Gasteiger charge is -2.25. The highest BCUT2D eigenvalue weighted by molar-refractivity contribution is 6.03. The summed E-state index contributed by atoms with van der Waals surface area (Å²) in [7, 11) is 0. The van der Waals surface area contributed by atoms with Crippen LogP contribution in [0.5, 0.6) is 11.5 Å². The fraction of sp³-hybridized carbons (Fsp3) is 0.265. The molecular formula is C34H33F4N3O3. The number of amides is 2. The minimum Gasteiger partial charge on any atom is -0.506 e. The molecule has 1 aliphatic rings. The van der Waals surface area contributed by atoms with Crippen molar-refractivity contribution in [2.75, 3.05) is 22.1 Å². The molecule has 0 bridgehead atoms. The molecule has 0 saturated carbocycles. The molecule has 1 heterocycles. The van der Waals surface area contributed by atoms with Gasteiger partial charge < -0.3 is 25.4 Å². The van der Waals surface area contributed by atoms with Crippen molar-refractivity contribution in [3.8, 4) is 22.6 Å². The number of nitrogens with one attached hydrogen (secondary N) is 2. The number of halogens is 4. The van der Waals surface area contributed by atoms with Gasteiger partial charge in [0.1, 0.15) is 17.3 Å². The number of carbonyl (C=O) groups is 1. The van der Waals surface area contributed by atoms with Crippen LogP contribution < -0.4 is 20.3 Å². The molecule has 0 spiro atoms. The number of phenols is 1. The van der Waals surface area contributed by atoms with E-state index < -0.39 is 29.4 Å². The largest absolute Gasteiger partial charge is 0.573 e. The van der Waals surface area contributed by atoms with Gasteiger partial charge >= 0.3 is 12.4 Å². The highest BCUT2D eigenvalue weighted by Crippen LogP contribution is 2.54. The minimum atomic E-state index is -4.82. The number of ether oxygens (including phenoxy) is 1. The van der Waals surface area contributed by atoms with Crippen molar-refractivity contribution >= 4 is 28.8 Å². The van der Waals surface area contributed by atoms with Crippen LogP contribution in [0.2, 0.25) is 0 Å². The Balaban J connectivity index is 1.47. The van der Waals surface area contributed by atoms with Gasteiger partial charge in [0, 0.05) is 29.3 Å². The molecule has 0 aliphatic carbocycles. The van der Waals surface area contributed by atoms with E-state index in [4.69, 9.17) is 0 Å². The maximum Gasteiger partial charge on any atom is 0.573 e. The lowest BCUT2D eigenvalue weighted by Crippen LogP contribution is -2.27. The van der Waals surface area contributed by atoms with E-state index >= 15 is 4.39 Å².